The highest BCUT2D eigenvalue weighted by Gasteiger charge is 2.59. The number of benzene rings is 4. The number of hydrogen-bond acceptors (Lipinski definition) is 4. The number of nitrogens with zero attached hydrogens (tertiary/aromatic N) is 2. The van der Waals surface area contributed by atoms with Crippen LogP contribution in [0.5, 0.6) is 0 Å². The minimum absolute atomic E-state index is 0.0124. The molecule has 0 aliphatic carbocycles. The van der Waals surface area contributed by atoms with Gasteiger partial charge < -0.3 is 10.5 Å². The summed E-state index contributed by atoms with van der Waals surface area (Å²) in [5.74, 6) is 0.0799. The molecule has 4 nitrogen and oxygen atoms in total. The van der Waals surface area contributed by atoms with Crippen LogP contribution in [0.25, 0.3) is 0 Å². The molecule has 0 amide bonds. The molecule has 2 unspecified atom stereocenters. The van der Waals surface area contributed by atoms with Crippen molar-refractivity contribution >= 4 is 95.5 Å². The molecule has 4 aromatic rings. The van der Waals surface area contributed by atoms with Crippen LogP contribution in [0.15, 0.2) is 91.7 Å². The molecule has 0 bridgehead atoms. The number of halogens is 12. The predicted octanol–water partition coefficient (Wildman–Crippen LogP) is 12.9. The standard InChI is InChI=1S/C21H17BrCl2F3NO.C18H14BrCl2F3N2/c1-12(29)2-3-13-4-5-14(6-18(13)22)19-10-20(11-28-19,21(25,26)27)15-7-16(23)9-17(24)8-15;19-15-3-10(1-2-11(15)8-25)16-7-17(9-26-16,18(22,23)24)12-4-13(20)6-14(21)5-12/h4-9H,2-3,10-11H2,1H3;1-6H,7-9,25H2. The van der Waals surface area contributed by atoms with E-state index in [0.717, 1.165) is 20.1 Å². The number of carbonyl (C=O) groups is 1. The van der Waals surface area contributed by atoms with Crippen molar-refractivity contribution in [1.29, 1.82) is 0 Å². The van der Waals surface area contributed by atoms with Crippen molar-refractivity contribution in [2.75, 3.05) is 13.1 Å². The fourth-order valence-electron chi connectivity index (χ4n) is 6.53. The lowest BCUT2D eigenvalue weighted by Gasteiger charge is -2.31. The number of aryl methyl sites for hydroxylation is 1. The third-order valence-corrected chi connectivity index (χ3v) is 12.0. The van der Waals surface area contributed by atoms with Crippen LogP contribution in [0.1, 0.15) is 59.6 Å². The molecule has 0 spiro atoms. The van der Waals surface area contributed by atoms with Gasteiger partial charge in [-0.1, -0.05) is 103 Å². The Kier molecular flexibility index (Phi) is 13.6. The molecule has 0 radical (unpaired) electrons. The van der Waals surface area contributed by atoms with Crippen LogP contribution < -0.4 is 5.73 Å². The van der Waals surface area contributed by atoms with Crippen molar-refractivity contribution in [3.05, 3.63) is 135 Å². The van der Waals surface area contributed by atoms with Crippen molar-refractivity contribution in [1.82, 2.24) is 0 Å². The van der Waals surface area contributed by atoms with Gasteiger partial charge in [-0.3, -0.25) is 9.98 Å². The highest BCUT2D eigenvalue weighted by molar-refractivity contribution is 9.10. The molecular formula is C39H31Br2Cl4F6N3O. The van der Waals surface area contributed by atoms with Gasteiger partial charge in [-0.2, -0.15) is 26.3 Å². The number of rotatable bonds is 8. The SMILES string of the molecule is CC(=O)CCc1ccc(C2=NCC(c3cc(Cl)cc(Cl)c3)(C(F)(F)F)C2)cc1Br.NCc1ccc(C2=NCC(c3cc(Cl)cc(Cl)c3)(C(F)(F)F)C2)cc1Br. The van der Waals surface area contributed by atoms with E-state index in [9.17, 15) is 31.1 Å². The molecule has 4 aromatic carbocycles. The van der Waals surface area contributed by atoms with E-state index in [-0.39, 0.29) is 49.8 Å². The summed E-state index contributed by atoms with van der Waals surface area (Å²) in [5.41, 5.74) is 5.15. The summed E-state index contributed by atoms with van der Waals surface area (Å²) in [5, 5.41) is 0.642. The van der Waals surface area contributed by atoms with Crippen molar-refractivity contribution in [3.63, 3.8) is 0 Å². The Morgan fingerprint density at radius 1 is 0.673 bits per heavy atom. The van der Waals surface area contributed by atoms with Crippen LogP contribution in [-0.4, -0.2) is 42.6 Å². The van der Waals surface area contributed by atoms with Gasteiger partial charge in [-0.15, -0.1) is 0 Å². The van der Waals surface area contributed by atoms with Crippen LogP contribution in [-0.2, 0) is 28.6 Å². The summed E-state index contributed by atoms with van der Waals surface area (Å²) in [6.07, 6.45) is -8.62. The Morgan fingerprint density at radius 3 is 1.38 bits per heavy atom. The van der Waals surface area contributed by atoms with Gasteiger partial charge in [0.05, 0.1) is 13.1 Å². The second-order valence-corrected chi connectivity index (χ2v) is 16.8. The summed E-state index contributed by atoms with van der Waals surface area (Å²) < 4.78 is 86.2. The predicted molar refractivity (Wildman–Crippen MR) is 216 cm³/mol. The minimum Gasteiger partial charge on any atom is -0.326 e. The summed E-state index contributed by atoms with van der Waals surface area (Å²) in [7, 11) is 0. The third kappa shape index (κ3) is 9.65. The molecule has 0 saturated heterocycles. The van der Waals surface area contributed by atoms with Crippen LogP contribution in [0.2, 0.25) is 20.1 Å². The highest BCUT2D eigenvalue weighted by atomic mass is 79.9. The van der Waals surface area contributed by atoms with Gasteiger partial charge >= 0.3 is 12.4 Å². The first-order chi connectivity index (χ1) is 25.7. The topological polar surface area (TPSA) is 67.8 Å². The Morgan fingerprint density at radius 2 is 1.05 bits per heavy atom. The first kappa shape index (κ1) is 43.7. The van der Waals surface area contributed by atoms with Gasteiger partial charge in [0.25, 0.3) is 0 Å². The van der Waals surface area contributed by atoms with E-state index in [2.05, 4.69) is 41.8 Å². The van der Waals surface area contributed by atoms with Gasteiger partial charge in [-0.05, 0) is 95.3 Å². The maximum atomic E-state index is 14.2. The average Bonchev–Trinajstić information content (AvgIpc) is 3.75. The van der Waals surface area contributed by atoms with Crippen molar-refractivity contribution < 1.29 is 31.1 Å². The maximum Gasteiger partial charge on any atom is 0.400 e. The molecule has 16 heteroatoms. The molecule has 2 aliphatic rings. The van der Waals surface area contributed by atoms with E-state index in [1.165, 1.54) is 43.3 Å². The second-order valence-electron chi connectivity index (χ2n) is 13.4. The monoisotopic (exact) mass is 969 g/mol. The molecule has 2 atom stereocenters. The Hall–Kier alpha value is -2.45. The average molecular weight is 973 g/mol. The van der Waals surface area contributed by atoms with Gasteiger partial charge in [0.2, 0.25) is 0 Å². The van der Waals surface area contributed by atoms with Gasteiger partial charge in [0.15, 0.2) is 0 Å². The fraction of sp³-hybridized carbons (Fsp3) is 0.308. The number of aliphatic imine (C=N–C) groups is 2. The van der Waals surface area contributed by atoms with Crippen LogP contribution >= 0.6 is 78.3 Å². The van der Waals surface area contributed by atoms with E-state index < -0.39 is 36.3 Å². The molecule has 2 N–H and O–H groups in total. The summed E-state index contributed by atoms with van der Waals surface area (Å²) >= 11 is 30.7. The Balaban J connectivity index is 0.000000212. The molecule has 55 heavy (non-hydrogen) atoms. The molecule has 2 aliphatic heterocycles. The van der Waals surface area contributed by atoms with E-state index in [0.29, 0.717) is 41.9 Å². The zero-order chi connectivity index (χ0) is 40.5. The first-order valence-electron chi connectivity index (χ1n) is 16.6. The maximum absolute atomic E-state index is 14.2. The van der Waals surface area contributed by atoms with E-state index in [1.54, 1.807) is 30.3 Å². The molecule has 0 aromatic heterocycles. The molecule has 6 rings (SSSR count). The number of carbonyl (C=O) groups excluding carboxylic acids is 1. The zero-order valence-corrected chi connectivity index (χ0v) is 35.0. The quantitative estimate of drug-likeness (QED) is 0.179. The second kappa shape index (κ2) is 17.2. The van der Waals surface area contributed by atoms with Gasteiger partial charge in [-0.25, -0.2) is 0 Å². The van der Waals surface area contributed by atoms with Crippen LogP contribution in [0.3, 0.4) is 0 Å². The van der Waals surface area contributed by atoms with Crippen LogP contribution in [0, 0.1) is 0 Å². The smallest absolute Gasteiger partial charge is 0.326 e. The number of nitrogens with two attached hydrogens (primary N) is 1. The Labute approximate surface area is 350 Å². The molecular weight excluding hydrogens is 942 g/mol. The summed E-state index contributed by atoms with van der Waals surface area (Å²) in [6.45, 7) is 1.03. The number of hydrogen-bond donors (Lipinski definition) is 1. The molecule has 292 valence electrons. The van der Waals surface area contributed by atoms with Gasteiger partial charge in [0.1, 0.15) is 16.6 Å². The lowest BCUT2D eigenvalue weighted by Crippen LogP contribution is -2.43. The molecule has 2 heterocycles. The third-order valence-electron chi connectivity index (χ3n) is 9.67. The normalized spacial score (nSPS) is 19.8. The first-order valence-corrected chi connectivity index (χ1v) is 19.7. The lowest BCUT2D eigenvalue weighted by atomic mass is 9.76. The highest BCUT2D eigenvalue weighted by Crippen LogP contribution is 2.50. The van der Waals surface area contributed by atoms with Crippen LogP contribution in [0.4, 0.5) is 26.3 Å². The van der Waals surface area contributed by atoms with Gasteiger partial charge in [0, 0.05) is 66.3 Å². The zero-order valence-electron chi connectivity index (χ0n) is 28.8. The van der Waals surface area contributed by atoms with E-state index in [4.69, 9.17) is 52.1 Å². The van der Waals surface area contributed by atoms with E-state index in [1.807, 2.05) is 6.07 Å². The number of ketones is 1. The van der Waals surface area contributed by atoms with Crippen molar-refractivity contribution in [3.8, 4) is 0 Å². The minimum atomic E-state index is -4.52. The van der Waals surface area contributed by atoms with E-state index >= 15 is 0 Å². The largest absolute Gasteiger partial charge is 0.400 e. The Bertz CT molecular complexity index is 2140. The van der Waals surface area contributed by atoms with Crippen molar-refractivity contribution in [2.45, 2.75) is 62.3 Å². The summed E-state index contributed by atoms with van der Waals surface area (Å²) in [4.78, 5) is 19.7. The molecule has 0 fully saturated rings. The fourth-order valence-corrected chi connectivity index (χ4v) is 8.70. The number of alkyl halides is 6. The molecule has 0 saturated carbocycles. The number of Topliss-reactive ketones (excluding diaryl/α,β-unsaturated/α-hetero) is 1. The van der Waals surface area contributed by atoms with Crippen molar-refractivity contribution in [2.24, 2.45) is 15.7 Å². The lowest BCUT2D eigenvalue weighted by molar-refractivity contribution is -0.184. The summed E-state index contributed by atoms with van der Waals surface area (Å²) in [6, 6.07) is 18.6.